The predicted octanol–water partition coefficient (Wildman–Crippen LogP) is 3.60. The highest BCUT2D eigenvalue weighted by atomic mass is 32.2. The summed E-state index contributed by atoms with van der Waals surface area (Å²) in [6, 6.07) is 7.92. The highest BCUT2D eigenvalue weighted by Crippen LogP contribution is 2.28. The Morgan fingerprint density at radius 3 is 2.56 bits per heavy atom. The molecule has 0 saturated heterocycles. The van der Waals surface area contributed by atoms with Gasteiger partial charge in [-0.3, -0.25) is 0 Å². The Balaban J connectivity index is 2.81. The number of thioether (sulfide) groups is 1. The number of hydrogen-bond donors (Lipinski definition) is 0. The van der Waals surface area contributed by atoms with E-state index in [4.69, 9.17) is 10.00 Å². The summed E-state index contributed by atoms with van der Waals surface area (Å²) < 4.78 is 5.35. The van der Waals surface area contributed by atoms with Crippen LogP contribution >= 0.6 is 11.8 Å². The van der Waals surface area contributed by atoms with Gasteiger partial charge in [-0.25, -0.2) is 0 Å². The first-order valence-corrected chi connectivity index (χ1v) is 6.16. The van der Waals surface area contributed by atoms with Gasteiger partial charge in [0.25, 0.3) is 0 Å². The van der Waals surface area contributed by atoms with Gasteiger partial charge in [0.1, 0.15) is 11.8 Å². The van der Waals surface area contributed by atoms with Crippen LogP contribution in [0.15, 0.2) is 18.2 Å². The first kappa shape index (κ1) is 12.9. The minimum Gasteiger partial charge on any atom is -0.495 e. The van der Waals surface area contributed by atoms with Crippen molar-refractivity contribution in [3.63, 3.8) is 0 Å². The van der Waals surface area contributed by atoms with Crippen LogP contribution in [0.25, 0.3) is 0 Å². The quantitative estimate of drug-likeness (QED) is 0.802. The minimum absolute atomic E-state index is 0.243. The Kier molecular flexibility index (Phi) is 4.26. The molecule has 1 aromatic carbocycles. The van der Waals surface area contributed by atoms with E-state index in [0.717, 1.165) is 11.3 Å². The van der Waals surface area contributed by atoms with Crippen LogP contribution < -0.4 is 4.74 Å². The maximum Gasteiger partial charge on any atom is 0.136 e. The molecule has 0 fully saturated rings. The zero-order valence-electron chi connectivity index (χ0n) is 10.2. The molecule has 3 heteroatoms. The van der Waals surface area contributed by atoms with Crippen molar-refractivity contribution >= 4 is 11.8 Å². The maximum absolute atomic E-state index is 8.97. The van der Waals surface area contributed by atoms with Gasteiger partial charge in [-0.2, -0.15) is 17.0 Å². The molecule has 0 heterocycles. The summed E-state index contributed by atoms with van der Waals surface area (Å²) >= 11 is 1.87. The monoisotopic (exact) mass is 235 g/mol. The van der Waals surface area contributed by atoms with Crippen molar-refractivity contribution in [1.29, 1.82) is 5.26 Å². The number of methoxy groups -OCH3 is 1. The number of ether oxygens (including phenoxy) is 1. The summed E-state index contributed by atoms with van der Waals surface area (Å²) in [4.78, 5) is 0. The molecule has 16 heavy (non-hydrogen) atoms. The Bertz CT molecular complexity index is 401. The van der Waals surface area contributed by atoms with Gasteiger partial charge in [0.15, 0.2) is 0 Å². The second-order valence-corrected chi connectivity index (χ2v) is 6.35. The van der Waals surface area contributed by atoms with Crippen LogP contribution in [0, 0.1) is 11.3 Å². The van der Waals surface area contributed by atoms with E-state index in [1.807, 2.05) is 30.0 Å². The van der Waals surface area contributed by atoms with E-state index in [9.17, 15) is 0 Å². The third-order valence-corrected chi connectivity index (χ3v) is 3.40. The number of benzene rings is 1. The summed E-state index contributed by atoms with van der Waals surface area (Å²) in [7, 11) is 1.58. The average Bonchev–Trinajstić information content (AvgIpc) is 2.25. The molecule has 0 aromatic heterocycles. The first-order chi connectivity index (χ1) is 7.46. The lowest BCUT2D eigenvalue weighted by Gasteiger charge is -2.17. The van der Waals surface area contributed by atoms with Crippen LogP contribution in [-0.4, -0.2) is 11.9 Å². The Hall–Kier alpha value is -1.14. The lowest BCUT2D eigenvalue weighted by molar-refractivity contribution is 0.413. The topological polar surface area (TPSA) is 33.0 Å². The molecule has 0 amide bonds. The highest BCUT2D eigenvalue weighted by molar-refractivity contribution is 7.99. The van der Waals surface area contributed by atoms with Crippen LogP contribution in [0.3, 0.4) is 0 Å². The van der Waals surface area contributed by atoms with Crippen molar-refractivity contribution in [2.24, 2.45) is 0 Å². The van der Waals surface area contributed by atoms with Crippen LogP contribution in [0.1, 0.15) is 31.9 Å². The Labute approximate surface area is 102 Å². The normalized spacial score (nSPS) is 10.9. The average molecular weight is 235 g/mol. The molecule has 0 aliphatic rings. The third-order valence-electron chi connectivity index (χ3n) is 2.06. The van der Waals surface area contributed by atoms with Crippen molar-refractivity contribution in [2.45, 2.75) is 31.3 Å². The molecule has 0 atom stereocenters. The van der Waals surface area contributed by atoms with E-state index in [1.54, 1.807) is 7.11 Å². The fraction of sp³-hybridized carbons (Fsp3) is 0.462. The molecule has 86 valence electrons. The summed E-state index contributed by atoms with van der Waals surface area (Å²) in [6.07, 6.45) is 0. The SMILES string of the molecule is COc1ccc(CSC(C)(C)C)cc1C#N. The molecule has 0 saturated carbocycles. The molecular weight excluding hydrogens is 218 g/mol. The van der Waals surface area contributed by atoms with Gasteiger partial charge in [-0.1, -0.05) is 26.8 Å². The lowest BCUT2D eigenvalue weighted by Crippen LogP contribution is -2.07. The number of rotatable bonds is 3. The zero-order chi connectivity index (χ0) is 12.2. The zero-order valence-corrected chi connectivity index (χ0v) is 11.0. The van der Waals surface area contributed by atoms with Gasteiger partial charge >= 0.3 is 0 Å². The molecular formula is C13H17NOS. The standard InChI is InChI=1S/C13H17NOS/c1-13(2,3)16-9-10-5-6-12(15-4)11(7-10)8-14/h5-7H,9H2,1-4H3. The highest BCUT2D eigenvalue weighted by Gasteiger charge is 2.11. The Morgan fingerprint density at radius 2 is 2.06 bits per heavy atom. The van der Waals surface area contributed by atoms with Gasteiger partial charge < -0.3 is 4.74 Å². The van der Waals surface area contributed by atoms with Gasteiger partial charge in [0, 0.05) is 10.5 Å². The van der Waals surface area contributed by atoms with Crippen molar-refractivity contribution in [1.82, 2.24) is 0 Å². The molecule has 0 radical (unpaired) electrons. The lowest BCUT2D eigenvalue weighted by atomic mass is 10.1. The molecule has 0 aliphatic carbocycles. The number of hydrogen-bond acceptors (Lipinski definition) is 3. The summed E-state index contributed by atoms with van der Waals surface area (Å²) in [5.74, 6) is 1.56. The molecule has 0 N–H and O–H groups in total. The van der Waals surface area contributed by atoms with Gasteiger partial charge in [0.05, 0.1) is 12.7 Å². The molecule has 0 unspecified atom stereocenters. The van der Waals surface area contributed by atoms with Crippen LogP contribution in [0.5, 0.6) is 5.75 Å². The summed E-state index contributed by atoms with van der Waals surface area (Å²) in [5.41, 5.74) is 1.77. The summed E-state index contributed by atoms with van der Waals surface area (Å²) in [5, 5.41) is 8.97. The second kappa shape index (κ2) is 5.27. The predicted molar refractivity (Wildman–Crippen MR) is 68.8 cm³/mol. The van der Waals surface area contributed by atoms with Crippen LogP contribution in [-0.2, 0) is 5.75 Å². The molecule has 0 aliphatic heterocycles. The fourth-order valence-electron chi connectivity index (χ4n) is 1.23. The van der Waals surface area contributed by atoms with Gasteiger partial charge in [0.2, 0.25) is 0 Å². The van der Waals surface area contributed by atoms with E-state index >= 15 is 0 Å². The first-order valence-electron chi connectivity index (χ1n) is 5.17. The van der Waals surface area contributed by atoms with Crippen molar-refractivity contribution in [3.8, 4) is 11.8 Å². The van der Waals surface area contributed by atoms with E-state index in [-0.39, 0.29) is 4.75 Å². The number of nitriles is 1. The molecule has 0 spiro atoms. The maximum atomic E-state index is 8.97. The Morgan fingerprint density at radius 1 is 1.38 bits per heavy atom. The van der Waals surface area contributed by atoms with Crippen LogP contribution in [0.2, 0.25) is 0 Å². The van der Waals surface area contributed by atoms with E-state index in [2.05, 4.69) is 26.8 Å². The third kappa shape index (κ3) is 3.79. The van der Waals surface area contributed by atoms with Crippen LogP contribution in [0.4, 0.5) is 0 Å². The fourth-order valence-corrected chi connectivity index (χ4v) is 2.01. The molecule has 1 aromatic rings. The minimum atomic E-state index is 0.243. The smallest absolute Gasteiger partial charge is 0.136 e. The van der Waals surface area contributed by atoms with Crippen molar-refractivity contribution in [2.75, 3.05) is 7.11 Å². The van der Waals surface area contributed by atoms with E-state index in [0.29, 0.717) is 11.3 Å². The van der Waals surface area contributed by atoms with Gasteiger partial charge in [-0.05, 0) is 17.7 Å². The molecule has 2 nitrogen and oxygen atoms in total. The summed E-state index contributed by atoms with van der Waals surface area (Å²) in [6.45, 7) is 6.56. The van der Waals surface area contributed by atoms with Crippen molar-refractivity contribution < 1.29 is 4.74 Å². The van der Waals surface area contributed by atoms with E-state index < -0.39 is 0 Å². The molecule has 1 rings (SSSR count). The molecule has 0 bridgehead atoms. The number of nitrogens with zero attached hydrogens (tertiary/aromatic N) is 1. The second-order valence-electron chi connectivity index (χ2n) is 4.55. The largest absolute Gasteiger partial charge is 0.495 e. The van der Waals surface area contributed by atoms with E-state index in [1.165, 1.54) is 0 Å². The van der Waals surface area contributed by atoms with Gasteiger partial charge in [-0.15, -0.1) is 0 Å². The van der Waals surface area contributed by atoms with Crippen molar-refractivity contribution in [3.05, 3.63) is 29.3 Å².